The number of benzene rings is 1. The van der Waals surface area contributed by atoms with Crippen LogP contribution in [0.4, 0.5) is 0 Å². The number of aryl methyl sites for hydroxylation is 1. The van der Waals surface area contributed by atoms with E-state index < -0.39 is 5.38 Å². The van der Waals surface area contributed by atoms with Gasteiger partial charge in [-0.05, 0) is 29.8 Å². The molecule has 1 atom stereocenters. The maximum Gasteiger partial charge on any atom is 0.245 e. The zero-order valence-electron chi connectivity index (χ0n) is 13.4. The quantitative estimate of drug-likeness (QED) is 0.632. The van der Waals surface area contributed by atoms with Gasteiger partial charge in [0, 0.05) is 18.9 Å². The standard InChI is InChI=1S/C19H19ClN2O2/c1-21-11-5-9-16(21)13-22(14-17-10-6-12-24-17)19(23)18(20)15-7-3-2-4-8-15/h2-12,18H,13-14H2,1H3. The summed E-state index contributed by atoms with van der Waals surface area (Å²) in [7, 11) is 1.96. The Morgan fingerprint density at radius 3 is 2.54 bits per heavy atom. The van der Waals surface area contributed by atoms with Crippen LogP contribution in [-0.2, 0) is 24.9 Å². The van der Waals surface area contributed by atoms with Gasteiger partial charge in [-0.25, -0.2) is 0 Å². The van der Waals surface area contributed by atoms with E-state index in [4.69, 9.17) is 16.0 Å². The van der Waals surface area contributed by atoms with Gasteiger partial charge in [0.05, 0.1) is 19.4 Å². The molecule has 0 radical (unpaired) electrons. The van der Waals surface area contributed by atoms with Gasteiger partial charge in [-0.3, -0.25) is 4.79 Å². The minimum atomic E-state index is -0.721. The predicted molar refractivity (Wildman–Crippen MR) is 93.4 cm³/mol. The second-order valence-corrected chi connectivity index (χ2v) is 6.09. The molecular weight excluding hydrogens is 324 g/mol. The van der Waals surface area contributed by atoms with Crippen molar-refractivity contribution in [2.75, 3.05) is 0 Å². The Labute approximate surface area is 146 Å². The lowest BCUT2D eigenvalue weighted by molar-refractivity contribution is -0.132. The average Bonchev–Trinajstić information content (AvgIpc) is 3.26. The van der Waals surface area contributed by atoms with Crippen molar-refractivity contribution < 1.29 is 9.21 Å². The summed E-state index contributed by atoms with van der Waals surface area (Å²) in [6.07, 6.45) is 3.57. The van der Waals surface area contributed by atoms with Gasteiger partial charge in [0.15, 0.2) is 0 Å². The molecule has 0 aliphatic heterocycles. The molecule has 124 valence electrons. The third kappa shape index (κ3) is 3.71. The molecule has 2 aromatic heterocycles. The van der Waals surface area contributed by atoms with E-state index in [1.165, 1.54) is 0 Å². The van der Waals surface area contributed by atoms with E-state index in [0.717, 1.165) is 17.0 Å². The highest BCUT2D eigenvalue weighted by molar-refractivity contribution is 6.30. The number of nitrogens with zero attached hydrogens (tertiary/aromatic N) is 2. The van der Waals surface area contributed by atoms with Crippen molar-refractivity contribution in [1.29, 1.82) is 0 Å². The maximum atomic E-state index is 13.0. The molecule has 0 saturated carbocycles. The van der Waals surface area contributed by atoms with E-state index in [1.807, 2.05) is 72.4 Å². The zero-order valence-corrected chi connectivity index (χ0v) is 14.2. The lowest BCUT2D eigenvalue weighted by atomic mass is 10.1. The molecule has 5 heteroatoms. The minimum absolute atomic E-state index is 0.138. The normalized spacial score (nSPS) is 12.1. The summed E-state index contributed by atoms with van der Waals surface area (Å²) in [6, 6.07) is 17.0. The van der Waals surface area contributed by atoms with Crippen LogP contribution in [0.15, 0.2) is 71.5 Å². The Morgan fingerprint density at radius 1 is 1.12 bits per heavy atom. The van der Waals surface area contributed by atoms with Crippen LogP contribution in [0, 0.1) is 0 Å². The summed E-state index contributed by atoms with van der Waals surface area (Å²) in [5, 5.41) is -0.721. The number of carbonyl (C=O) groups is 1. The molecule has 0 N–H and O–H groups in total. The Hall–Kier alpha value is -2.46. The van der Waals surface area contributed by atoms with Gasteiger partial charge in [0.1, 0.15) is 11.1 Å². The van der Waals surface area contributed by atoms with Crippen LogP contribution in [0.2, 0.25) is 0 Å². The Bertz CT molecular complexity index is 781. The van der Waals surface area contributed by atoms with E-state index in [0.29, 0.717) is 13.1 Å². The van der Waals surface area contributed by atoms with Crippen LogP contribution in [0.3, 0.4) is 0 Å². The molecule has 0 aliphatic carbocycles. The Morgan fingerprint density at radius 2 is 1.92 bits per heavy atom. The maximum absolute atomic E-state index is 13.0. The third-order valence-corrected chi connectivity index (χ3v) is 4.39. The average molecular weight is 343 g/mol. The van der Waals surface area contributed by atoms with Crippen LogP contribution in [0.1, 0.15) is 22.4 Å². The summed E-state index contributed by atoms with van der Waals surface area (Å²) < 4.78 is 7.40. The highest BCUT2D eigenvalue weighted by atomic mass is 35.5. The fourth-order valence-corrected chi connectivity index (χ4v) is 2.87. The Balaban J connectivity index is 1.82. The molecule has 4 nitrogen and oxygen atoms in total. The van der Waals surface area contributed by atoms with Crippen molar-refractivity contribution in [2.45, 2.75) is 18.5 Å². The summed E-state index contributed by atoms with van der Waals surface area (Å²) in [4.78, 5) is 14.7. The molecule has 0 bridgehead atoms. The largest absolute Gasteiger partial charge is 0.467 e. The number of amides is 1. The summed E-state index contributed by atoms with van der Waals surface area (Å²) in [5.41, 5.74) is 1.83. The summed E-state index contributed by atoms with van der Waals surface area (Å²) in [6.45, 7) is 0.853. The van der Waals surface area contributed by atoms with Gasteiger partial charge in [-0.1, -0.05) is 30.3 Å². The fraction of sp³-hybridized carbons (Fsp3) is 0.211. The van der Waals surface area contributed by atoms with Crippen molar-refractivity contribution in [3.05, 3.63) is 84.1 Å². The van der Waals surface area contributed by atoms with Gasteiger partial charge in [-0.15, -0.1) is 11.6 Å². The first-order chi connectivity index (χ1) is 11.6. The fourth-order valence-electron chi connectivity index (χ4n) is 2.58. The second kappa shape index (κ2) is 7.41. The predicted octanol–water partition coefficient (Wildman–Crippen LogP) is 4.13. The molecule has 2 heterocycles. The third-order valence-electron chi connectivity index (χ3n) is 3.95. The number of alkyl halides is 1. The number of furan rings is 1. The summed E-state index contributed by atoms with van der Waals surface area (Å²) in [5.74, 6) is 0.593. The number of aromatic nitrogens is 1. The highest BCUT2D eigenvalue weighted by Gasteiger charge is 2.25. The van der Waals surface area contributed by atoms with Gasteiger partial charge in [0.2, 0.25) is 5.91 Å². The lowest BCUT2D eigenvalue weighted by Crippen LogP contribution is -2.33. The highest BCUT2D eigenvalue weighted by Crippen LogP contribution is 2.25. The molecule has 24 heavy (non-hydrogen) atoms. The summed E-state index contributed by atoms with van der Waals surface area (Å²) >= 11 is 6.44. The van der Waals surface area contributed by atoms with Gasteiger partial charge in [-0.2, -0.15) is 0 Å². The molecule has 1 unspecified atom stereocenters. The molecule has 0 spiro atoms. The molecule has 1 aromatic carbocycles. The molecule has 0 fully saturated rings. The molecule has 3 rings (SSSR count). The number of carbonyl (C=O) groups excluding carboxylic acids is 1. The van der Waals surface area contributed by atoms with Crippen LogP contribution < -0.4 is 0 Å². The minimum Gasteiger partial charge on any atom is -0.467 e. The van der Waals surface area contributed by atoms with Gasteiger partial charge >= 0.3 is 0 Å². The van der Waals surface area contributed by atoms with Gasteiger partial charge < -0.3 is 13.9 Å². The first kappa shape index (κ1) is 16.4. The molecule has 1 amide bonds. The topological polar surface area (TPSA) is 38.4 Å². The smallest absolute Gasteiger partial charge is 0.245 e. The second-order valence-electron chi connectivity index (χ2n) is 5.66. The number of hydrogen-bond donors (Lipinski definition) is 0. The Kier molecular flexibility index (Phi) is 5.06. The van der Waals surface area contributed by atoms with E-state index in [-0.39, 0.29) is 5.91 Å². The van der Waals surface area contributed by atoms with Crippen molar-refractivity contribution in [3.63, 3.8) is 0 Å². The molecule has 3 aromatic rings. The van der Waals surface area contributed by atoms with Crippen molar-refractivity contribution >= 4 is 17.5 Å². The van der Waals surface area contributed by atoms with Crippen LogP contribution in [0.5, 0.6) is 0 Å². The first-order valence-electron chi connectivity index (χ1n) is 7.75. The van der Waals surface area contributed by atoms with Crippen LogP contribution >= 0.6 is 11.6 Å². The van der Waals surface area contributed by atoms with Crippen molar-refractivity contribution in [2.24, 2.45) is 7.05 Å². The number of hydrogen-bond acceptors (Lipinski definition) is 2. The van der Waals surface area contributed by atoms with Crippen molar-refractivity contribution in [1.82, 2.24) is 9.47 Å². The number of rotatable bonds is 6. The van der Waals surface area contributed by atoms with E-state index in [9.17, 15) is 4.79 Å². The SMILES string of the molecule is Cn1cccc1CN(Cc1ccco1)C(=O)C(Cl)c1ccccc1. The van der Waals surface area contributed by atoms with E-state index in [2.05, 4.69) is 0 Å². The zero-order chi connectivity index (χ0) is 16.9. The van der Waals surface area contributed by atoms with Crippen molar-refractivity contribution in [3.8, 4) is 0 Å². The van der Waals surface area contributed by atoms with E-state index in [1.54, 1.807) is 11.2 Å². The monoisotopic (exact) mass is 342 g/mol. The molecule has 0 aliphatic rings. The van der Waals surface area contributed by atoms with Crippen LogP contribution in [0.25, 0.3) is 0 Å². The lowest BCUT2D eigenvalue weighted by Gasteiger charge is -2.24. The number of halogens is 1. The van der Waals surface area contributed by atoms with Crippen LogP contribution in [-0.4, -0.2) is 15.4 Å². The first-order valence-corrected chi connectivity index (χ1v) is 8.19. The van der Waals surface area contributed by atoms with E-state index >= 15 is 0 Å². The van der Waals surface area contributed by atoms with Gasteiger partial charge in [0.25, 0.3) is 0 Å². The molecule has 0 saturated heterocycles. The molecular formula is C19H19ClN2O2.